The van der Waals surface area contributed by atoms with E-state index in [1.54, 1.807) is 0 Å². The Morgan fingerprint density at radius 1 is 0.808 bits per heavy atom. The fourth-order valence-electron chi connectivity index (χ4n) is 5.07. The van der Waals surface area contributed by atoms with Crippen LogP contribution in [0.4, 0.5) is 5.69 Å². The lowest BCUT2D eigenvalue weighted by atomic mass is 9.81. The zero-order valence-electron chi connectivity index (χ0n) is 14.7. The lowest BCUT2D eigenvalue weighted by Gasteiger charge is -2.19. The maximum atomic E-state index is 12.9. The predicted molar refractivity (Wildman–Crippen MR) is 98.0 cm³/mol. The Balaban J connectivity index is 1.37. The van der Waals surface area contributed by atoms with Gasteiger partial charge >= 0.3 is 0 Å². The van der Waals surface area contributed by atoms with Gasteiger partial charge in [0.05, 0.1) is 17.5 Å². The highest BCUT2D eigenvalue weighted by molar-refractivity contribution is 6.22. The van der Waals surface area contributed by atoms with Crippen LogP contribution < -0.4 is 9.64 Å². The van der Waals surface area contributed by atoms with Crippen LogP contribution in [0, 0.1) is 30.6 Å². The number of carbonyl (C=O) groups excluding carboxylic acids is 2. The Kier molecular flexibility index (Phi) is 3.42. The molecule has 3 fully saturated rings. The maximum absolute atomic E-state index is 12.9. The molecule has 0 spiro atoms. The first-order chi connectivity index (χ1) is 12.6. The average molecular weight is 347 g/mol. The van der Waals surface area contributed by atoms with E-state index in [4.69, 9.17) is 4.74 Å². The molecule has 2 amide bonds. The van der Waals surface area contributed by atoms with Gasteiger partial charge in [0.2, 0.25) is 11.8 Å². The van der Waals surface area contributed by atoms with Crippen molar-refractivity contribution in [2.45, 2.75) is 26.2 Å². The zero-order chi connectivity index (χ0) is 17.8. The average Bonchev–Trinajstić information content (AvgIpc) is 3.32. The molecule has 4 nitrogen and oxygen atoms in total. The van der Waals surface area contributed by atoms with E-state index in [9.17, 15) is 9.59 Å². The van der Waals surface area contributed by atoms with Crippen LogP contribution in [0.25, 0.3) is 0 Å². The largest absolute Gasteiger partial charge is 0.457 e. The van der Waals surface area contributed by atoms with E-state index in [-0.39, 0.29) is 23.7 Å². The minimum Gasteiger partial charge on any atom is -0.457 e. The Hall–Kier alpha value is -2.62. The standard InChI is InChI=1S/C22H21NO3/c1-13-2-8-17(9-3-13)26-18-10-6-16(7-11-18)23-21(24)19-14-4-5-15(12-14)20(19)22(23)25/h2-3,6-11,14-15,19-20H,4-5,12H2,1H3/t14-,15+,19-,20-/m0/s1. The van der Waals surface area contributed by atoms with E-state index in [1.807, 2.05) is 55.5 Å². The molecule has 1 saturated heterocycles. The summed E-state index contributed by atoms with van der Waals surface area (Å²) in [6, 6.07) is 15.1. The molecule has 2 aromatic rings. The van der Waals surface area contributed by atoms with Gasteiger partial charge in [0, 0.05) is 0 Å². The molecule has 0 N–H and O–H groups in total. The molecule has 1 heterocycles. The molecule has 0 radical (unpaired) electrons. The number of aryl methyl sites for hydroxylation is 1. The first-order valence-electron chi connectivity index (χ1n) is 9.34. The van der Waals surface area contributed by atoms with Crippen LogP contribution in [0.3, 0.4) is 0 Å². The summed E-state index contributed by atoms with van der Waals surface area (Å²) in [7, 11) is 0. The smallest absolute Gasteiger partial charge is 0.237 e. The number of hydrogen-bond acceptors (Lipinski definition) is 3. The molecule has 1 aliphatic heterocycles. The van der Waals surface area contributed by atoms with E-state index in [1.165, 1.54) is 10.5 Å². The fourth-order valence-corrected chi connectivity index (χ4v) is 5.07. The number of anilines is 1. The Labute approximate surface area is 152 Å². The number of hydrogen-bond donors (Lipinski definition) is 0. The topological polar surface area (TPSA) is 46.6 Å². The van der Waals surface area contributed by atoms with Gasteiger partial charge in [0.25, 0.3) is 0 Å². The van der Waals surface area contributed by atoms with Crippen molar-refractivity contribution in [2.24, 2.45) is 23.7 Å². The number of rotatable bonds is 3. The Bertz CT molecular complexity index is 843. The minimum atomic E-state index is -0.0789. The van der Waals surface area contributed by atoms with Gasteiger partial charge in [0.1, 0.15) is 11.5 Å². The number of ether oxygens (including phenoxy) is 1. The van der Waals surface area contributed by atoms with Gasteiger partial charge in [-0.05, 0) is 74.4 Å². The lowest BCUT2D eigenvalue weighted by molar-refractivity contribution is -0.123. The van der Waals surface area contributed by atoms with Crippen LogP contribution in [0.5, 0.6) is 11.5 Å². The van der Waals surface area contributed by atoms with Crippen LogP contribution in [-0.2, 0) is 9.59 Å². The number of carbonyl (C=O) groups is 2. The van der Waals surface area contributed by atoms with Crippen molar-refractivity contribution in [2.75, 3.05) is 4.90 Å². The van der Waals surface area contributed by atoms with Crippen LogP contribution in [0.1, 0.15) is 24.8 Å². The molecule has 2 aliphatic carbocycles. The third kappa shape index (κ3) is 2.28. The Morgan fingerprint density at radius 2 is 1.31 bits per heavy atom. The van der Waals surface area contributed by atoms with E-state index >= 15 is 0 Å². The second-order valence-corrected chi connectivity index (χ2v) is 7.81. The molecule has 26 heavy (non-hydrogen) atoms. The fraction of sp³-hybridized carbons (Fsp3) is 0.364. The number of imide groups is 1. The van der Waals surface area contributed by atoms with E-state index in [2.05, 4.69) is 0 Å². The van der Waals surface area contributed by atoms with Gasteiger partial charge in [0.15, 0.2) is 0 Å². The first-order valence-corrected chi connectivity index (χ1v) is 9.34. The van der Waals surface area contributed by atoms with Crippen molar-refractivity contribution >= 4 is 17.5 Å². The highest BCUT2D eigenvalue weighted by Crippen LogP contribution is 2.56. The summed E-state index contributed by atoms with van der Waals surface area (Å²) >= 11 is 0. The Morgan fingerprint density at radius 3 is 1.85 bits per heavy atom. The summed E-state index contributed by atoms with van der Waals surface area (Å²) in [4.78, 5) is 27.2. The van der Waals surface area contributed by atoms with Crippen LogP contribution in [0.2, 0.25) is 0 Å². The molecule has 2 saturated carbocycles. The lowest BCUT2D eigenvalue weighted by Crippen LogP contribution is -2.32. The number of nitrogens with zero attached hydrogens (tertiary/aromatic N) is 1. The van der Waals surface area contributed by atoms with Gasteiger partial charge in [-0.2, -0.15) is 0 Å². The highest BCUT2D eigenvalue weighted by atomic mass is 16.5. The molecular weight excluding hydrogens is 326 g/mol. The molecule has 4 atom stereocenters. The summed E-state index contributed by atoms with van der Waals surface area (Å²) in [5.74, 6) is 2.12. The van der Waals surface area contributed by atoms with Crippen molar-refractivity contribution < 1.29 is 14.3 Å². The van der Waals surface area contributed by atoms with Crippen molar-refractivity contribution in [3.05, 3.63) is 54.1 Å². The number of benzene rings is 2. The number of fused-ring (bicyclic) bond motifs is 5. The molecular formula is C22H21NO3. The van der Waals surface area contributed by atoms with Crippen LogP contribution in [-0.4, -0.2) is 11.8 Å². The van der Waals surface area contributed by atoms with Crippen LogP contribution in [0.15, 0.2) is 48.5 Å². The summed E-state index contributed by atoms with van der Waals surface area (Å²) < 4.78 is 5.83. The summed E-state index contributed by atoms with van der Waals surface area (Å²) in [6.45, 7) is 2.03. The molecule has 132 valence electrons. The van der Waals surface area contributed by atoms with Gasteiger partial charge in [-0.25, -0.2) is 0 Å². The third-order valence-corrected chi connectivity index (χ3v) is 6.28. The second-order valence-electron chi connectivity index (χ2n) is 7.81. The number of amides is 2. The first kappa shape index (κ1) is 15.6. The van der Waals surface area contributed by atoms with E-state index in [0.29, 0.717) is 23.3 Å². The quantitative estimate of drug-likeness (QED) is 0.777. The molecule has 0 unspecified atom stereocenters. The zero-order valence-corrected chi connectivity index (χ0v) is 14.7. The minimum absolute atomic E-state index is 0.000553. The van der Waals surface area contributed by atoms with Crippen molar-refractivity contribution in [1.82, 2.24) is 0 Å². The molecule has 5 rings (SSSR count). The molecule has 2 bridgehead atoms. The van der Waals surface area contributed by atoms with E-state index < -0.39 is 0 Å². The van der Waals surface area contributed by atoms with Gasteiger partial charge in [-0.3, -0.25) is 14.5 Å². The summed E-state index contributed by atoms with van der Waals surface area (Å²) in [5.41, 5.74) is 1.84. The van der Waals surface area contributed by atoms with Crippen molar-refractivity contribution in [1.29, 1.82) is 0 Å². The molecule has 2 aromatic carbocycles. The van der Waals surface area contributed by atoms with Crippen molar-refractivity contribution in [3.8, 4) is 11.5 Å². The third-order valence-electron chi connectivity index (χ3n) is 6.28. The normalized spacial score (nSPS) is 29.3. The maximum Gasteiger partial charge on any atom is 0.237 e. The molecule has 4 heteroatoms. The second kappa shape index (κ2) is 5.70. The monoisotopic (exact) mass is 347 g/mol. The highest BCUT2D eigenvalue weighted by Gasteiger charge is 2.61. The van der Waals surface area contributed by atoms with Crippen molar-refractivity contribution in [3.63, 3.8) is 0 Å². The van der Waals surface area contributed by atoms with Gasteiger partial charge in [-0.15, -0.1) is 0 Å². The SMILES string of the molecule is Cc1ccc(Oc2ccc(N3C(=O)[C@H]4[C@@H]5CC[C@@H](C5)[C@@H]4C3=O)cc2)cc1. The van der Waals surface area contributed by atoms with E-state index in [0.717, 1.165) is 25.0 Å². The molecule has 3 aliphatic rings. The van der Waals surface area contributed by atoms with Gasteiger partial charge in [-0.1, -0.05) is 17.7 Å². The molecule has 0 aromatic heterocycles. The summed E-state index contributed by atoms with van der Waals surface area (Å²) in [6.07, 6.45) is 3.26. The van der Waals surface area contributed by atoms with Gasteiger partial charge < -0.3 is 4.74 Å². The van der Waals surface area contributed by atoms with Crippen LogP contribution >= 0.6 is 0 Å². The predicted octanol–water partition coefficient (Wildman–Crippen LogP) is 4.32. The summed E-state index contributed by atoms with van der Waals surface area (Å²) in [5, 5.41) is 0.